The first-order valence-electron chi connectivity index (χ1n) is 6.80. The van der Waals surface area contributed by atoms with Gasteiger partial charge in [0.25, 0.3) is 5.96 Å². The minimum atomic E-state index is -3.66. The van der Waals surface area contributed by atoms with Gasteiger partial charge < -0.3 is 5.73 Å². The fraction of sp³-hybridized carbons (Fsp3) is 0.385. The molecule has 0 aliphatic carbocycles. The smallest absolute Gasteiger partial charge is 0.356 e. The Morgan fingerprint density at radius 1 is 1.36 bits per heavy atom. The zero-order valence-corrected chi connectivity index (χ0v) is 13.5. The molecule has 1 aromatic carbocycles. The van der Waals surface area contributed by atoms with Crippen LogP contribution in [-0.4, -0.2) is 37.2 Å². The summed E-state index contributed by atoms with van der Waals surface area (Å²) in [6.07, 6.45) is 0.260. The zero-order valence-electron chi connectivity index (χ0n) is 12.6. The molecule has 120 valence electrons. The first-order valence-corrected chi connectivity index (χ1v) is 8.29. The second-order valence-electron chi connectivity index (χ2n) is 4.99. The van der Waals surface area contributed by atoms with Crippen molar-refractivity contribution in [1.29, 1.82) is 0 Å². The molecule has 0 bridgehead atoms. The fourth-order valence-corrected chi connectivity index (χ4v) is 3.23. The molecule has 22 heavy (non-hydrogen) atoms. The normalized spacial score (nSPS) is 25.5. The number of nitrogens with zero attached hydrogens (tertiary/aromatic N) is 2. The van der Waals surface area contributed by atoms with Gasteiger partial charge in [0.15, 0.2) is 0 Å². The standard InChI is InChI=1S/C13H20N5O3P/c1-18(2)13(15)16-12(14)17-22(19)20-9-8-11(21-22)10-6-4-3-5-7-10/h3-7,11H,8-9H2,1-2H3,(H4,14,15,16,17,19)/p+1. The Hall–Kier alpha value is -1.89. The molecule has 0 radical (unpaired) electrons. The molecule has 0 aromatic heterocycles. The Morgan fingerprint density at radius 2 is 2.05 bits per heavy atom. The van der Waals surface area contributed by atoms with Crippen LogP contribution < -0.4 is 16.8 Å². The Morgan fingerprint density at radius 3 is 2.68 bits per heavy atom. The van der Waals surface area contributed by atoms with Crippen molar-refractivity contribution in [2.45, 2.75) is 12.5 Å². The number of nitrogens with one attached hydrogen (secondary N) is 1. The van der Waals surface area contributed by atoms with E-state index in [1.165, 1.54) is 0 Å². The van der Waals surface area contributed by atoms with E-state index in [1.807, 2.05) is 30.3 Å². The van der Waals surface area contributed by atoms with E-state index in [0.29, 0.717) is 6.42 Å². The second kappa shape index (κ2) is 6.91. The SMILES string of the molecule is C[N+](C)=C(N)NC(N)=NP1(=O)OCCC(c2ccccc2)O1. The molecular formula is C13H21N5O3P+. The number of benzene rings is 1. The minimum absolute atomic E-state index is 0.122. The predicted molar refractivity (Wildman–Crippen MR) is 84.5 cm³/mol. The van der Waals surface area contributed by atoms with Crippen molar-refractivity contribution in [3.05, 3.63) is 35.9 Å². The van der Waals surface area contributed by atoms with E-state index in [2.05, 4.69) is 10.1 Å². The molecule has 0 amide bonds. The maximum atomic E-state index is 12.6. The monoisotopic (exact) mass is 326 g/mol. The van der Waals surface area contributed by atoms with Crippen LogP contribution in [0.15, 0.2) is 35.1 Å². The van der Waals surface area contributed by atoms with Gasteiger partial charge >= 0.3 is 13.7 Å². The van der Waals surface area contributed by atoms with Crippen LogP contribution >= 0.6 is 7.75 Å². The van der Waals surface area contributed by atoms with Crippen molar-refractivity contribution in [2.75, 3.05) is 20.7 Å². The average Bonchev–Trinajstić information content (AvgIpc) is 2.47. The molecule has 1 aliphatic rings. The van der Waals surface area contributed by atoms with Crippen molar-refractivity contribution in [1.82, 2.24) is 5.32 Å². The Bertz CT molecular complexity index is 628. The molecule has 2 unspecified atom stereocenters. The zero-order chi connectivity index (χ0) is 16.2. The highest BCUT2D eigenvalue weighted by atomic mass is 31.2. The number of hydrogen-bond donors (Lipinski definition) is 3. The molecule has 1 aromatic rings. The molecule has 1 fully saturated rings. The molecule has 2 atom stereocenters. The van der Waals surface area contributed by atoms with Crippen LogP contribution in [0.1, 0.15) is 18.1 Å². The van der Waals surface area contributed by atoms with Crippen LogP contribution in [0, 0.1) is 0 Å². The lowest BCUT2D eigenvalue weighted by atomic mass is 10.1. The molecule has 0 saturated carbocycles. The third-order valence-electron chi connectivity index (χ3n) is 3.03. The van der Waals surface area contributed by atoms with Gasteiger partial charge in [-0.05, 0) is 5.56 Å². The van der Waals surface area contributed by atoms with Crippen molar-refractivity contribution >= 4 is 19.7 Å². The number of nitrogens with two attached hydrogens (primary N) is 2. The van der Waals surface area contributed by atoms with Crippen LogP contribution in [0.25, 0.3) is 0 Å². The Balaban J connectivity index is 2.13. The quantitative estimate of drug-likeness (QED) is 0.320. The fourth-order valence-electron chi connectivity index (χ4n) is 1.87. The van der Waals surface area contributed by atoms with E-state index in [1.54, 1.807) is 18.7 Å². The molecule has 1 aliphatic heterocycles. The highest BCUT2D eigenvalue weighted by molar-refractivity contribution is 7.52. The van der Waals surface area contributed by atoms with Crippen molar-refractivity contribution in [2.24, 2.45) is 16.2 Å². The molecule has 5 N–H and O–H groups in total. The Kier molecular flexibility index (Phi) is 5.18. The first kappa shape index (κ1) is 16.5. The van der Waals surface area contributed by atoms with Crippen molar-refractivity contribution in [3.63, 3.8) is 0 Å². The number of rotatable bonds is 2. The number of guanidine groups is 2. The molecular weight excluding hydrogens is 305 g/mol. The molecule has 0 spiro atoms. The predicted octanol–water partition coefficient (Wildman–Crippen LogP) is 0.764. The third kappa shape index (κ3) is 4.30. The summed E-state index contributed by atoms with van der Waals surface area (Å²) < 4.78 is 28.7. The summed E-state index contributed by atoms with van der Waals surface area (Å²) in [5.41, 5.74) is 12.3. The summed E-state index contributed by atoms with van der Waals surface area (Å²) in [5, 5.41) is 2.62. The van der Waals surface area contributed by atoms with E-state index in [-0.39, 0.29) is 24.6 Å². The van der Waals surface area contributed by atoms with Crippen molar-refractivity contribution < 1.29 is 18.2 Å². The van der Waals surface area contributed by atoms with E-state index >= 15 is 0 Å². The summed E-state index contributed by atoms with van der Waals surface area (Å²) in [7, 11) is -0.199. The van der Waals surface area contributed by atoms with Crippen LogP contribution in [0.4, 0.5) is 0 Å². The maximum absolute atomic E-state index is 12.6. The van der Waals surface area contributed by atoms with Gasteiger partial charge in [-0.25, -0.2) is 9.88 Å². The average molecular weight is 326 g/mol. The summed E-state index contributed by atoms with van der Waals surface area (Å²) >= 11 is 0. The van der Waals surface area contributed by atoms with E-state index in [4.69, 9.17) is 20.5 Å². The molecule has 8 nitrogen and oxygen atoms in total. The molecule has 1 saturated heterocycles. The van der Waals surface area contributed by atoms with Gasteiger partial charge in [0, 0.05) is 6.42 Å². The van der Waals surface area contributed by atoms with E-state index < -0.39 is 7.75 Å². The molecule has 1 heterocycles. The van der Waals surface area contributed by atoms with Gasteiger partial charge in [0.1, 0.15) is 0 Å². The second-order valence-corrected chi connectivity index (χ2v) is 6.59. The van der Waals surface area contributed by atoms with E-state index in [9.17, 15) is 4.57 Å². The van der Waals surface area contributed by atoms with Crippen molar-refractivity contribution in [3.8, 4) is 0 Å². The first-order chi connectivity index (χ1) is 10.4. The van der Waals surface area contributed by atoms with Gasteiger partial charge in [-0.2, -0.15) is 0 Å². The summed E-state index contributed by atoms with van der Waals surface area (Å²) in [4.78, 5) is 0. The summed E-state index contributed by atoms with van der Waals surface area (Å²) in [6, 6.07) is 9.51. The largest absolute Gasteiger partial charge is 0.458 e. The van der Waals surface area contributed by atoms with Gasteiger partial charge in [0.05, 0.1) is 26.8 Å². The van der Waals surface area contributed by atoms with Gasteiger partial charge in [-0.3, -0.25) is 19.4 Å². The lowest BCUT2D eigenvalue weighted by Crippen LogP contribution is -2.45. The lowest BCUT2D eigenvalue weighted by Gasteiger charge is -2.27. The van der Waals surface area contributed by atoms with E-state index in [0.717, 1.165) is 5.56 Å². The van der Waals surface area contributed by atoms with Crippen LogP contribution in [0.2, 0.25) is 0 Å². The summed E-state index contributed by atoms with van der Waals surface area (Å²) in [6.45, 7) is 0.278. The lowest BCUT2D eigenvalue weighted by molar-refractivity contribution is -0.467. The van der Waals surface area contributed by atoms with Crippen LogP contribution in [-0.2, 0) is 13.6 Å². The number of hydrogen-bond acceptors (Lipinski definition) is 3. The maximum Gasteiger partial charge on any atom is 0.458 e. The highest BCUT2D eigenvalue weighted by Crippen LogP contribution is 2.57. The molecule has 9 heteroatoms. The van der Waals surface area contributed by atoms with Gasteiger partial charge in [-0.1, -0.05) is 30.3 Å². The van der Waals surface area contributed by atoms with Crippen LogP contribution in [0.3, 0.4) is 0 Å². The topological polar surface area (TPSA) is 115 Å². The minimum Gasteiger partial charge on any atom is -0.356 e. The third-order valence-corrected chi connectivity index (χ3v) is 4.52. The highest BCUT2D eigenvalue weighted by Gasteiger charge is 2.35. The summed E-state index contributed by atoms with van der Waals surface area (Å²) in [5.74, 6) is 0.146. The van der Waals surface area contributed by atoms with Gasteiger partial charge in [0.2, 0.25) is 0 Å². The van der Waals surface area contributed by atoms with Gasteiger partial charge in [-0.15, -0.1) is 4.76 Å². The van der Waals surface area contributed by atoms with Crippen LogP contribution in [0.5, 0.6) is 0 Å². The molecule has 2 rings (SSSR count). The Labute approximate surface area is 129 Å².